The predicted molar refractivity (Wildman–Crippen MR) is 138 cm³/mol. The second-order valence-corrected chi connectivity index (χ2v) is 11.2. The van der Waals surface area contributed by atoms with Gasteiger partial charge in [0.1, 0.15) is 11.0 Å². The van der Waals surface area contributed by atoms with Gasteiger partial charge >= 0.3 is 0 Å². The third-order valence-corrected chi connectivity index (χ3v) is 8.56. The summed E-state index contributed by atoms with van der Waals surface area (Å²) in [5.74, 6) is 2.24. The maximum atomic E-state index is 13.5. The van der Waals surface area contributed by atoms with Crippen molar-refractivity contribution < 1.29 is 19.1 Å². The molecule has 5 heterocycles. The largest absolute Gasteiger partial charge is 0.477 e. The molecular formula is C28H32N6O4. The number of likely N-dealkylation sites (tertiary alicyclic amines) is 2. The van der Waals surface area contributed by atoms with Crippen molar-refractivity contribution in [2.45, 2.75) is 31.6 Å². The van der Waals surface area contributed by atoms with Crippen molar-refractivity contribution in [1.29, 1.82) is 0 Å². The maximum absolute atomic E-state index is 13.5. The van der Waals surface area contributed by atoms with E-state index < -0.39 is 0 Å². The van der Waals surface area contributed by atoms with E-state index in [2.05, 4.69) is 20.4 Å². The summed E-state index contributed by atoms with van der Waals surface area (Å²) in [4.78, 5) is 35.1. The fraction of sp³-hybridized carbons (Fsp3) is 0.536. The number of rotatable bonds is 6. The van der Waals surface area contributed by atoms with Crippen LogP contribution in [0.15, 0.2) is 30.5 Å². The molecule has 2 amide bonds. The number of amides is 2. The number of carbonyl (C=O) groups is 2. The second kappa shape index (κ2) is 9.65. The van der Waals surface area contributed by atoms with Crippen LogP contribution < -0.4 is 4.74 Å². The third kappa shape index (κ3) is 4.51. The average molecular weight is 517 g/mol. The molecule has 0 radical (unpaired) electrons. The van der Waals surface area contributed by atoms with Crippen LogP contribution in [0.5, 0.6) is 5.88 Å². The number of aromatic amines is 1. The van der Waals surface area contributed by atoms with E-state index in [1.807, 2.05) is 21.9 Å². The molecule has 10 heteroatoms. The van der Waals surface area contributed by atoms with Gasteiger partial charge in [-0.1, -0.05) is 0 Å². The van der Waals surface area contributed by atoms with E-state index in [0.29, 0.717) is 67.1 Å². The number of ether oxygens (including phenoxy) is 2. The summed E-state index contributed by atoms with van der Waals surface area (Å²) >= 11 is 0. The molecule has 3 saturated heterocycles. The molecule has 10 nitrogen and oxygen atoms in total. The fourth-order valence-corrected chi connectivity index (χ4v) is 6.17. The van der Waals surface area contributed by atoms with E-state index in [-0.39, 0.29) is 23.7 Å². The van der Waals surface area contributed by atoms with E-state index in [9.17, 15) is 9.59 Å². The molecule has 198 valence electrons. The van der Waals surface area contributed by atoms with Crippen LogP contribution in [0.4, 0.5) is 0 Å². The van der Waals surface area contributed by atoms with Crippen LogP contribution in [0.1, 0.15) is 57.9 Å². The summed E-state index contributed by atoms with van der Waals surface area (Å²) in [6.07, 6.45) is 5.96. The van der Waals surface area contributed by atoms with Crippen molar-refractivity contribution in [3.63, 3.8) is 0 Å². The number of fused-ring (bicyclic) bond motifs is 2. The van der Waals surface area contributed by atoms with Crippen LogP contribution in [-0.4, -0.2) is 88.0 Å². The number of nitrogens with zero attached hydrogens (tertiary/aromatic N) is 5. The zero-order valence-corrected chi connectivity index (χ0v) is 21.3. The van der Waals surface area contributed by atoms with Crippen molar-refractivity contribution in [2.24, 2.45) is 17.8 Å². The van der Waals surface area contributed by atoms with Crippen molar-refractivity contribution in [3.8, 4) is 5.88 Å². The van der Waals surface area contributed by atoms with Crippen LogP contribution in [0.2, 0.25) is 0 Å². The first-order valence-electron chi connectivity index (χ1n) is 13.7. The number of aromatic nitrogens is 4. The molecule has 4 fully saturated rings. The van der Waals surface area contributed by atoms with Crippen molar-refractivity contribution in [2.75, 3.05) is 46.0 Å². The minimum Gasteiger partial charge on any atom is -0.477 e. The SMILES string of the molecule is O=C(c1cnc(OCC2CCOCC2)c(C2CC2)c1)N1CC2CN(C(=O)c3ccc4n[nH]nc4c3)CC2C1. The highest BCUT2D eigenvalue weighted by molar-refractivity contribution is 5.97. The Morgan fingerprint density at radius 3 is 2.29 bits per heavy atom. The summed E-state index contributed by atoms with van der Waals surface area (Å²) in [7, 11) is 0. The van der Waals surface area contributed by atoms with Gasteiger partial charge in [-0.3, -0.25) is 9.59 Å². The molecule has 0 bridgehead atoms. The summed E-state index contributed by atoms with van der Waals surface area (Å²) in [5.41, 5.74) is 3.76. The van der Waals surface area contributed by atoms with Crippen molar-refractivity contribution >= 4 is 22.8 Å². The van der Waals surface area contributed by atoms with Gasteiger partial charge in [0.2, 0.25) is 5.88 Å². The standard InChI is InChI=1S/C28H32N6O4/c35-27(19-3-4-24-25(10-19)31-32-30-24)33-12-21-14-34(15-22(21)13-33)28(36)20-9-23(18-1-2-18)26(29-11-20)38-16-17-5-7-37-8-6-17/h3-4,9-11,17-18,21-22H,1-2,5-8,12-16H2,(H,30,31,32). The molecule has 2 atom stereocenters. The van der Waals surface area contributed by atoms with E-state index in [1.54, 1.807) is 18.3 Å². The fourth-order valence-electron chi connectivity index (χ4n) is 6.17. The van der Waals surface area contributed by atoms with Gasteiger partial charge < -0.3 is 19.3 Å². The number of nitrogens with one attached hydrogen (secondary N) is 1. The zero-order chi connectivity index (χ0) is 25.6. The lowest BCUT2D eigenvalue weighted by atomic mass is 10.0. The topological polar surface area (TPSA) is 114 Å². The molecule has 7 rings (SSSR count). The molecule has 3 aliphatic heterocycles. The van der Waals surface area contributed by atoms with E-state index >= 15 is 0 Å². The minimum absolute atomic E-state index is 0.0109. The molecule has 1 N–H and O–H groups in total. The van der Waals surface area contributed by atoms with Gasteiger partial charge in [0.15, 0.2) is 0 Å². The molecule has 38 heavy (non-hydrogen) atoms. The van der Waals surface area contributed by atoms with Crippen LogP contribution in [0.3, 0.4) is 0 Å². The van der Waals surface area contributed by atoms with Crippen molar-refractivity contribution in [1.82, 2.24) is 30.2 Å². The Labute approximate surface area is 220 Å². The first-order valence-corrected chi connectivity index (χ1v) is 13.7. The monoisotopic (exact) mass is 516 g/mol. The number of H-pyrrole nitrogens is 1. The normalized spacial score (nSPS) is 23.7. The first-order chi connectivity index (χ1) is 18.6. The van der Waals surface area contributed by atoms with Gasteiger partial charge in [0.25, 0.3) is 11.8 Å². The molecule has 0 spiro atoms. The van der Waals surface area contributed by atoms with Gasteiger partial charge in [-0.15, -0.1) is 0 Å². The Morgan fingerprint density at radius 1 is 0.895 bits per heavy atom. The molecule has 1 aromatic carbocycles. The van der Waals surface area contributed by atoms with Gasteiger partial charge in [-0.25, -0.2) is 4.98 Å². The smallest absolute Gasteiger partial charge is 0.255 e. The van der Waals surface area contributed by atoms with Crippen LogP contribution in [-0.2, 0) is 4.74 Å². The lowest BCUT2D eigenvalue weighted by molar-refractivity contribution is 0.0488. The highest BCUT2D eigenvalue weighted by Gasteiger charge is 2.43. The Kier molecular flexibility index (Phi) is 5.99. The number of carbonyl (C=O) groups excluding carboxylic acids is 2. The Balaban J connectivity index is 0.989. The van der Waals surface area contributed by atoms with E-state index in [0.717, 1.165) is 50.0 Å². The van der Waals surface area contributed by atoms with Crippen LogP contribution >= 0.6 is 0 Å². The molecule has 1 saturated carbocycles. The van der Waals surface area contributed by atoms with Crippen molar-refractivity contribution in [3.05, 3.63) is 47.2 Å². The average Bonchev–Trinajstić information content (AvgIpc) is 3.36. The molecular weight excluding hydrogens is 484 g/mol. The van der Waals surface area contributed by atoms with E-state index in [4.69, 9.17) is 9.47 Å². The number of hydrogen-bond donors (Lipinski definition) is 1. The second-order valence-electron chi connectivity index (χ2n) is 11.2. The Bertz CT molecular complexity index is 1350. The summed E-state index contributed by atoms with van der Waals surface area (Å²) in [6.45, 7) is 4.90. The minimum atomic E-state index is 0.0109. The highest BCUT2D eigenvalue weighted by atomic mass is 16.5. The lowest BCUT2D eigenvalue weighted by Gasteiger charge is -2.23. The summed E-state index contributed by atoms with van der Waals surface area (Å²) in [5, 5.41) is 10.7. The quantitative estimate of drug-likeness (QED) is 0.536. The van der Waals surface area contributed by atoms with Gasteiger partial charge in [0, 0.05) is 68.6 Å². The van der Waals surface area contributed by atoms with Gasteiger partial charge in [-0.05, 0) is 61.8 Å². The molecule has 2 aromatic heterocycles. The van der Waals surface area contributed by atoms with Gasteiger partial charge in [-0.2, -0.15) is 15.4 Å². The van der Waals surface area contributed by atoms with E-state index in [1.165, 1.54) is 0 Å². The predicted octanol–water partition coefficient (Wildman–Crippen LogP) is 2.88. The lowest BCUT2D eigenvalue weighted by Crippen LogP contribution is -2.35. The number of hydrogen-bond acceptors (Lipinski definition) is 7. The summed E-state index contributed by atoms with van der Waals surface area (Å²) < 4.78 is 11.6. The zero-order valence-electron chi connectivity index (χ0n) is 21.3. The molecule has 1 aliphatic carbocycles. The number of benzene rings is 1. The maximum Gasteiger partial charge on any atom is 0.255 e. The molecule has 2 unspecified atom stereocenters. The van der Waals surface area contributed by atoms with Crippen LogP contribution in [0.25, 0.3) is 11.0 Å². The molecule has 4 aliphatic rings. The summed E-state index contributed by atoms with van der Waals surface area (Å²) in [6, 6.07) is 7.41. The first kappa shape index (κ1) is 23.6. The Hall–Kier alpha value is -3.53. The van der Waals surface area contributed by atoms with Crippen LogP contribution in [0, 0.1) is 17.8 Å². The third-order valence-electron chi connectivity index (χ3n) is 8.56. The van der Waals surface area contributed by atoms with Gasteiger partial charge in [0.05, 0.1) is 12.2 Å². The molecule has 3 aromatic rings. The Morgan fingerprint density at radius 2 is 1.58 bits per heavy atom. The highest BCUT2D eigenvalue weighted by Crippen LogP contribution is 2.44. The number of pyridine rings is 1.